The van der Waals surface area contributed by atoms with E-state index in [1.54, 1.807) is 126 Å². The number of carbonyl (C=O) groups is 2. The highest BCUT2D eigenvalue weighted by molar-refractivity contribution is 7.86. The lowest BCUT2D eigenvalue weighted by molar-refractivity contribution is -0.119. The molecule has 0 saturated heterocycles. The van der Waals surface area contributed by atoms with E-state index >= 15 is 0 Å². The summed E-state index contributed by atoms with van der Waals surface area (Å²) in [6.07, 6.45) is 1.33. The molecular weight excluding hydrogens is 1560 g/mol. The molecule has 116 heavy (non-hydrogen) atoms. The molecule has 0 unspecified atom stereocenters. The quantitative estimate of drug-likeness (QED) is 0.0259. The predicted octanol–water partition coefficient (Wildman–Crippen LogP) is 19.3. The van der Waals surface area contributed by atoms with Crippen molar-refractivity contribution in [3.05, 3.63) is 211 Å². The van der Waals surface area contributed by atoms with Crippen LogP contribution in [0.2, 0.25) is 0 Å². The maximum Gasteiger partial charge on any atom is 0.295 e. The summed E-state index contributed by atoms with van der Waals surface area (Å²) in [6, 6.07) is 36.8. The number of anilines is 6. The average molecular weight is 1650 g/mol. The fourth-order valence-electron chi connectivity index (χ4n) is 16.0. The molecule has 2 heterocycles. The topological polar surface area (TPSA) is 369 Å². The first kappa shape index (κ1) is 82.9. The summed E-state index contributed by atoms with van der Waals surface area (Å²) in [5.41, 5.74) is 13.2. The van der Waals surface area contributed by atoms with Crippen LogP contribution in [0.5, 0.6) is 11.5 Å². The van der Waals surface area contributed by atoms with E-state index in [4.69, 9.17) is 28.3 Å². The number of hydrogen-bond donors (Lipinski definition) is 8. The lowest BCUT2D eigenvalue weighted by atomic mass is 9.93. The predicted molar refractivity (Wildman–Crippen MR) is 450 cm³/mol. The molecule has 8 aromatic carbocycles. The van der Waals surface area contributed by atoms with Crippen molar-refractivity contribution in [2.45, 2.75) is 168 Å². The summed E-state index contributed by atoms with van der Waals surface area (Å²) < 4.78 is 175. The van der Waals surface area contributed by atoms with E-state index in [1.807, 2.05) is 79.7 Å². The summed E-state index contributed by atoms with van der Waals surface area (Å²) in [5.74, 6) is 0.0887. The van der Waals surface area contributed by atoms with Gasteiger partial charge in [0.25, 0.3) is 40.5 Å². The minimum atomic E-state index is -4.89. The molecule has 604 valence electrons. The van der Waals surface area contributed by atoms with Gasteiger partial charge >= 0.3 is 0 Å². The number of amides is 2. The first-order valence-electron chi connectivity index (χ1n) is 37.7. The minimum absolute atomic E-state index is 0.127. The number of carbonyl (C=O) groups excluding carboxylic acids is 2. The summed E-state index contributed by atoms with van der Waals surface area (Å²) in [4.78, 5) is 34.5. The monoisotopic (exact) mass is 1650 g/mol. The maximum absolute atomic E-state index is 13.5. The molecule has 24 nitrogen and oxygen atoms in total. The normalized spacial score (nSPS) is 14.7. The van der Waals surface area contributed by atoms with Crippen molar-refractivity contribution >= 4 is 120 Å². The van der Waals surface area contributed by atoms with Crippen molar-refractivity contribution in [1.29, 1.82) is 0 Å². The van der Waals surface area contributed by atoms with Gasteiger partial charge in [-0.15, -0.1) is 0 Å². The number of ether oxygens (including phenoxy) is 2. The SMILES string of the molecule is Cc1cc(C)c(Nc2ccc3c(-c4ccccc4S(=O)(=O)O)c4ccc(=Nc5c(C)c(OC6CCC(Oc7c(C)cc(C)c(Nc8ccc9c(-c%10ccccc%10S(=O)(=O)O)c%10ccc(=Nc%11c(C)c(NC(=O)C(C)C)c(C)c(S(=O)(=O)O)c%11C)cc-%10oc9c8)c7C)CC6)c(C)c(S(=O)(=O)O)c5C)cc-4oc3c2)c(C)c1NC(=O)C(C)C. The molecule has 0 aromatic heterocycles. The smallest absolute Gasteiger partial charge is 0.295 e. The van der Waals surface area contributed by atoms with Crippen LogP contribution in [-0.2, 0) is 50.1 Å². The Hall–Kier alpha value is -11.1. The Labute approximate surface area is 673 Å². The number of fused-ring (bicyclic) bond motifs is 4. The van der Waals surface area contributed by atoms with Crippen LogP contribution in [0.25, 0.3) is 66.8 Å². The van der Waals surface area contributed by atoms with E-state index in [0.29, 0.717) is 109 Å². The molecule has 5 aliphatic rings. The molecule has 1 fully saturated rings. The molecule has 8 N–H and O–H groups in total. The number of aryl methyl sites for hydroxylation is 4. The average Bonchev–Trinajstić information content (AvgIpc) is 0.743. The number of rotatable bonds is 20. The summed E-state index contributed by atoms with van der Waals surface area (Å²) in [7, 11) is -19.3. The van der Waals surface area contributed by atoms with Crippen LogP contribution in [-0.4, -0.2) is 75.9 Å². The first-order valence-corrected chi connectivity index (χ1v) is 43.4. The fourth-order valence-corrected chi connectivity index (χ4v) is 19.4. The molecule has 0 spiro atoms. The molecule has 28 heteroatoms. The van der Waals surface area contributed by atoms with E-state index in [-0.39, 0.29) is 112 Å². The van der Waals surface area contributed by atoms with Crippen LogP contribution in [0.1, 0.15) is 120 Å². The van der Waals surface area contributed by atoms with Gasteiger partial charge in [0.15, 0.2) is 0 Å². The molecule has 0 atom stereocenters. The third-order valence-electron chi connectivity index (χ3n) is 21.6. The third-order valence-corrected chi connectivity index (χ3v) is 25.7. The van der Waals surface area contributed by atoms with Gasteiger partial charge in [0, 0.05) is 125 Å². The Kier molecular flexibility index (Phi) is 22.5. The second-order valence-corrected chi connectivity index (χ2v) is 36.1. The highest BCUT2D eigenvalue weighted by Crippen LogP contribution is 2.49. The van der Waals surface area contributed by atoms with Crippen LogP contribution in [0.15, 0.2) is 172 Å². The molecule has 0 radical (unpaired) electrons. The van der Waals surface area contributed by atoms with Crippen molar-refractivity contribution in [3.63, 3.8) is 0 Å². The van der Waals surface area contributed by atoms with E-state index in [1.165, 1.54) is 38.1 Å². The fraction of sp³-hybridized carbons (Fsp3) is 0.273. The van der Waals surface area contributed by atoms with Gasteiger partial charge in [-0.1, -0.05) is 76.2 Å². The molecule has 1 saturated carbocycles. The zero-order valence-corrected chi connectivity index (χ0v) is 70.1. The van der Waals surface area contributed by atoms with Crippen LogP contribution in [0, 0.1) is 94.9 Å². The van der Waals surface area contributed by atoms with Gasteiger partial charge < -0.3 is 39.6 Å². The van der Waals surface area contributed by atoms with Crippen molar-refractivity contribution in [2.24, 2.45) is 21.8 Å². The highest BCUT2D eigenvalue weighted by atomic mass is 32.2. The summed E-state index contributed by atoms with van der Waals surface area (Å²) >= 11 is 0. The molecule has 3 aliphatic carbocycles. The van der Waals surface area contributed by atoms with E-state index in [2.05, 4.69) is 21.3 Å². The molecule has 2 aliphatic heterocycles. The lowest BCUT2D eigenvalue weighted by Gasteiger charge is -2.32. The number of nitrogens with zero attached hydrogens (tertiary/aromatic N) is 2. The van der Waals surface area contributed by atoms with Crippen LogP contribution < -0.4 is 41.5 Å². The van der Waals surface area contributed by atoms with Crippen LogP contribution in [0.3, 0.4) is 0 Å². The second-order valence-electron chi connectivity index (χ2n) is 30.6. The Morgan fingerprint density at radius 2 is 0.793 bits per heavy atom. The van der Waals surface area contributed by atoms with Crippen LogP contribution >= 0.6 is 0 Å². The molecule has 2 amide bonds. The lowest BCUT2D eigenvalue weighted by Crippen LogP contribution is -2.31. The van der Waals surface area contributed by atoms with Gasteiger partial charge in [-0.05, 0) is 220 Å². The first-order chi connectivity index (χ1) is 54.5. The van der Waals surface area contributed by atoms with E-state index < -0.39 is 57.4 Å². The van der Waals surface area contributed by atoms with Crippen molar-refractivity contribution < 1.29 is 79.8 Å². The van der Waals surface area contributed by atoms with Gasteiger partial charge in [-0.3, -0.25) is 27.8 Å². The largest absolute Gasteiger partial charge is 0.490 e. The van der Waals surface area contributed by atoms with Crippen LogP contribution in [0.4, 0.5) is 45.5 Å². The standard InChI is InChI=1S/C88H90N6O18S4/c1-43(2)87(95)93-78-46(6)37-45(5)77(49(78)9)89-57-25-33-63-69(39-57)111-72-42-60(28-36-66(72)75(63)67-21-17-19-23-73(67)113(97,98)99)92-82-52(12)84(56(16)86(55(82)15)116(106,107)108)110-62-31-29-61(30-32-62)109-83-48(8)38-47(7)79(51(83)11)90-58-26-34-64-70(40-58)112-71-41-59(27-35-65(71)76(64)68-22-18-20-24-74(68)114(100,101)102)91-80-50(10)81(94-88(96)44(3)4)54(14)85(53(80)13)115(103,104)105/h17-28,33-44,61-62,89-90H,29-32H2,1-16H3,(H,93,95)(H,94,96)(H,97,98,99)(H,100,101,102)(H,103,104,105)(H,106,107,108). The van der Waals surface area contributed by atoms with Gasteiger partial charge in [0.2, 0.25) is 11.8 Å². The van der Waals surface area contributed by atoms with Gasteiger partial charge in [0.1, 0.15) is 53.8 Å². The van der Waals surface area contributed by atoms with Gasteiger partial charge in [-0.2, -0.15) is 33.7 Å². The van der Waals surface area contributed by atoms with Crippen molar-refractivity contribution in [2.75, 3.05) is 21.3 Å². The third kappa shape index (κ3) is 16.2. The number of benzene rings is 10. The minimum Gasteiger partial charge on any atom is -0.490 e. The van der Waals surface area contributed by atoms with E-state index in [9.17, 15) is 61.5 Å². The zero-order valence-electron chi connectivity index (χ0n) is 66.9. The van der Waals surface area contributed by atoms with Crippen molar-refractivity contribution in [1.82, 2.24) is 0 Å². The maximum atomic E-state index is 13.5. The number of hydrogen-bond acceptors (Lipinski definition) is 18. The van der Waals surface area contributed by atoms with E-state index in [0.717, 1.165) is 44.8 Å². The molecular formula is C88H90N6O18S4. The molecule has 8 aromatic rings. The highest BCUT2D eigenvalue weighted by Gasteiger charge is 2.34. The summed E-state index contributed by atoms with van der Waals surface area (Å²) in [5, 5.41) is 14.6. The Bertz CT molecular complexity index is 6700. The van der Waals surface area contributed by atoms with Crippen molar-refractivity contribution in [3.8, 4) is 56.4 Å². The Morgan fingerprint density at radius 3 is 1.23 bits per heavy atom. The molecule has 0 bridgehead atoms. The second kappa shape index (κ2) is 31.5. The summed E-state index contributed by atoms with van der Waals surface area (Å²) in [6.45, 7) is 28.3. The Morgan fingerprint density at radius 1 is 0.397 bits per heavy atom. The van der Waals surface area contributed by atoms with Gasteiger partial charge in [0.05, 0.1) is 40.0 Å². The number of nitrogens with one attached hydrogen (secondary N) is 4. The Balaban J connectivity index is 0.806. The molecule has 13 rings (SSSR count). The zero-order chi connectivity index (χ0) is 84.0. The van der Waals surface area contributed by atoms with Gasteiger partial charge in [-0.25, -0.2) is 9.98 Å².